The van der Waals surface area contributed by atoms with Gasteiger partial charge in [0.05, 0.1) is 36.6 Å². The second-order valence-corrected chi connectivity index (χ2v) is 22.0. The lowest BCUT2D eigenvalue weighted by atomic mass is 10.2. The highest BCUT2D eigenvalue weighted by Crippen LogP contribution is 2.39. The maximum atomic E-state index is 13.4. The van der Waals surface area contributed by atoms with Crippen LogP contribution < -0.4 is 10.9 Å². The molecule has 3 rings (SSSR count). The number of carbonyl (C=O) groups excluding carboxylic acids is 1. The number of alkyl halides is 3. The molecule has 0 aliphatic carbocycles. The molecule has 3 heterocycles. The van der Waals surface area contributed by atoms with E-state index in [9.17, 15) is 22.8 Å². The van der Waals surface area contributed by atoms with Gasteiger partial charge in [0.2, 0.25) is 5.95 Å². The monoisotopic (exact) mass is 774 g/mol. The summed E-state index contributed by atoms with van der Waals surface area (Å²) in [5.74, 6) is 4.29. The normalized spacial score (nSPS) is 18.6. The minimum atomic E-state index is -4.93. The number of nitrogens with one attached hydrogen (secondary N) is 2. The quantitative estimate of drug-likeness (QED) is 0.0307. The van der Waals surface area contributed by atoms with E-state index in [0.717, 1.165) is 0 Å². The van der Waals surface area contributed by atoms with Crippen LogP contribution in [0.5, 0.6) is 0 Å². The number of halogens is 3. The lowest BCUT2D eigenvalue weighted by molar-refractivity contribution is -0.173. The number of carbonyl (C=O) groups is 1. The van der Waals surface area contributed by atoms with E-state index in [-0.39, 0.29) is 47.7 Å². The largest absolute Gasteiger partial charge is 0.471 e. The van der Waals surface area contributed by atoms with Crippen molar-refractivity contribution in [1.29, 1.82) is 0 Å². The van der Waals surface area contributed by atoms with Gasteiger partial charge in [-0.1, -0.05) is 60.3 Å². The number of ether oxygens (including phenoxy) is 3. The second-order valence-electron chi connectivity index (χ2n) is 14.3. The molecule has 1 aliphatic rings. The van der Waals surface area contributed by atoms with Crippen LogP contribution in [-0.4, -0.2) is 110 Å². The van der Waals surface area contributed by atoms with Crippen molar-refractivity contribution in [2.24, 2.45) is 4.99 Å². The van der Waals surface area contributed by atoms with Gasteiger partial charge < -0.3 is 33.4 Å². The number of aromatic nitrogens is 3. The average molecular weight is 775 g/mol. The Morgan fingerprint density at radius 2 is 2.00 bits per heavy atom. The molecule has 2 N–H and O–H groups in total. The van der Waals surface area contributed by atoms with E-state index >= 15 is 0 Å². The summed E-state index contributed by atoms with van der Waals surface area (Å²) < 4.78 is 63.4. The number of amides is 1. The fourth-order valence-corrected chi connectivity index (χ4v) is 7.60. The molecule has 1 unspecified atom stereocenters. The maximum absolute atomic E-state index is 13.4. The number of H-pyrrole nitrogens is 1. The molecular formula is C33H49F3N6O6S2Si. The molecule has 1 amide bonds. The Morgan fingerprint density at radius 3 is 2.63 bits per heavy atom. The Hall–Kier alpha value is -2.79. The van der Waals surface area contributed by atoms with Crippen molar-refractivity contribution in [3.05, 3.63) is 34.8 Å². The molecule has 284 valence electrons. The summed E-state index contributed by atoms with van der Waals surface area (Å²) in [7, 11) is 4.08. The van der Waals surface area contributed by atoms with Crippen molar-refractivity contribution >= 4 is 59.1 Å². The Morgan fingerprint density at radius 1 is 1.29 bits per heavy atom. The van der Waals surface area contributed by atoms with Gasteiger partial charge in [0, 0.05) is 38.0 Å². The molecule has 51 heavy (non-hydrogen) atoms. The molecular weight excluding hydrogens is 726 g/mol. The molecule has 0 radical (unpaired) electrons. The summed E-state index contributed by atoms with van der Waals surface area (Å²) >= 11 is 0. The summed E-state index contributed by atoms with van der Waals surface area (Å²) in [5.41, 5.74) is 0.347. The molecule has 1 saturated heterocycles. The zero-order valence-corrected chi connectivity index (χ0v) is 33.2. The van der Waals surface area contributed by atoms with Crippen LogP contribution in [0.25, 0.3) is 11.0 Å². The fraction of sp³-hybridized carbons (Fsp3) is 0.636. The van der Waals surface area contributed by atoms with E-state index < -0.39 is 36.9 Å². The van der Waals surface area contributed by atoms with Crippen LogP contribution in [-0.2, 0) is 23.4 Å². The minimum absolute atomic E-state index is 0.0116. The second kappa shape index (κ2) is 17.8. The zero-order valence-electron chi connectivity index (χ0n) is 30.6. The summed E-state index contributed by atoms with van der Waals surface area (Å²) in [6, 6.07) is 0. The highest BCUT2D eigenvalue weighted by molar-refractivity contribution is 8.77. The molecule has 0 bridgehead atoms. The van der Waals surface area contributed by atoms with Crippen LogP contribution in [0.15, 0.2) is 28.6 Å². The third-order valence-corrected chi connectivity index (χ3v) is 15.6. The Kier molecular flexibility index (Phi) is 14.9. The third-order valence-electron chi connectivity index (χ3n) is 8.16. The van der Waals surface area contributed by atoms with Crippen molar-refractivity contribution in [3.8, 4) is 11.8 Å². The standard InChI is InChI=1S/C33H49F3N6O6S2Si/c1-11-14-46-23-16-25(48-24(23)18-47-51(9,10)31(2,3)4)42-17-22(26-27(42)39-30(40-28(26)43)38-20-41(7)8)13-12-15-45-21-49-50-32(5,6)19-37-29(44)33(34,35)36/h11,17,20,23-25H,1,14-16,18-19,21H2,2-10H3,(H,37,44)(H,39,40,43)/b38-20-/t23?,24-,25-/m1/s1. The first-order valence-corrected chi connectivity index (χ1v) is 21.5. The Bertz CT molecular complexity index is 1660. The van der Waals surface area contributed by atoms with Crippen LogP contribution in [0.3, 0.4) is 0 Å². The van der Waals surface area contributed by atoms with Gasteiger partial charge in [-0.25, -0.2) is 4.99 Å². The van der Waals surface area contributed by atoms with Gasteiger partial charge in [-0.2, -0.15) is 18.2 Å². The van der Waals surface area contributed by atoms with E-state index in [1.54, 1.807) is 49.7 Å². The van der Waals surface area contributed by atoms with E-state index in [4.69, 9.17) is 18.6 Å². The highest BCUT2D eigenvalue weighted by atomic mass is 33.1. The Balaban J connectivity index is 1.80. The highest BCUT2D eigenvalue weighted by Gasteiger charge is 2.42. The maximum Gasteiger partial charge on any atom is 0.471 e. The van der Waals surface area contributed by atoms with Gasteiger partial charge in [-0.3, -0.25) is 14.6 Å². The molecule has 2 aromatic heterocycles. The van der Waals surface area contributed by atoms with Crippen LogP contribution in [0.4, 0.5) is 19.1 Å². The number of aliphatic imine (C=N–C) groups is 1. The van der Waals surface area contributed by atoms with Gasteiger partial charge >= 0.3 is 12.1 Å². The first-order valence-electron chi connectivity index (χ1n) is 16.2. The van der Waals surface area contributed by atoms with Gasteiger partial charge in [-0.05, 0) is 32.0 Å². The van der Waals surface area contributed by atoms with E-state index in [1.165, 1.54) is 27.9 Å². The molecule has 1 aliphatic heterocycles. The first kappa shape index (κ1) is 42.6. The van der Waals surface area contributed by atoms with E-state index in [0.29, 0.717) is 30.8 Å². The van der Waals surface area contributed by atoms with Crippen molar-refractivity contribution in [1.82, 2.24) is 24.8 Å². The molecule has 3 atom stereocenters. The fourth-order valence-electron chi connectivity index (χ4n) is 4.45. The van der Waals surface area contributed by atoms with Crippen LogP contribution >= 0.6 is 21.6 Å². The smallest absolute Gasteiger partial charge is 0.414 e. The van der Waals surface area contributed by atoms with Crippen molar-refractivity contribution in [2.75, 3.05) is 46.4 Å². The van der Waals surface area contributed by atoms with Gasteiger partial charge in [0.15, 0.2) is 14.0 Å². The van der Waals surface area contributed by atoms with E-state index in [2.05, 4.69) is 67.2 Å². The SMILES string of the molecule is C=CCOC1C[C@H](n2cc(C#CCOCSSC(C)(C)CNC(=O)C(F)(F)F)c3c(=O)[nH]c(/N=C\N(C)C)nc32)O[C@@H]1CO[Si](C)(C)C(C)(C)C. The first-order chi connectivity index (χ1) is 23.6. The lowest BCUT2D eigenvalue weighted by Gasteiger charge is -2.37. The van der Waals surface area contributed by atoms with Gasteiger partial charge in [0.25, 0.3) is 5.56 Å². The van der Waals surface area contributed by atoms with Crippen LogP contribution in [0, 0.1) is 11.8 Å². The predicted octanol–water partition coefficient (Wildman–Crippen LogP) is 5.99. The molecule has 2 aromatic rings. The van der Waals surface area contributed by atoms with E-state index in [1.807, 2.05) is 5.32 Å². The number of hydrogen-bond donors (Lipinski definition) is 2. The summed E-state index contributed by atoms with van der Waals surface area (Å²) in [6.45, 7) is 18.6. The molecule has 0 aromatic carbocycles. The van der Waals surface area contributed by atoms with Crippen molar-refractivity contribution in [3.63, 3.8) is 0 Å². The van der Waals surface area contributed by atoms with Crippen LogP contribution in [0.2, 0.25) is 18.1 Å². The number of nitrogens with zero attached hydrogens (tertiary/aromatic N) is 4. The topological polar surface area (TPSA) is 132 Å². The number of hydrogen-bond acceptors (Lipinski definition) is 10. The lowest BCUT2D eigenvalue weighted by Crippen LogP contribution is -2.44. The van der Waals surface area contributed by atoms with Gasteiger partial charge in [-0.15, -0.1) is 6.58 Å². The summed E-state index contributed by atoms with van der Waals surface area (Å²) in [4.78, 5) is 37.9. The number of aromatic amines is 1. The molecule has 18 heteroatoms. The molecule has 1 fully saturated rings. The van der Waals surface area contributed by atoms with Crippen molar-refractivity contribution in [2.45, 2.75) is 88.5 Å². The summed E-state index contributed by atoms with van der Waals surface area (Å²) in [5, 5.41) is 2.18. The molecule has 12 nitrogen and oxygen atoms in total. The molecule has 0 spiro atoms. The summed E-state index contributed by atoms with van der Waals surface area (Å²) in [6.07, 6.45) is -0.731. The van der Waals surface area contributed by atoms with Gasteiger partial charge in [0.1, 0.15) is 24.9 Å². The Labute approximate surface area is 306 Å². The van der Waals surface area contributed by atoms with Crippen LogP contribution in [0.1, 0.15) is 52.8 Å². The number of rotatable bonds is 16. The molecule has 0 saturated carbocycles. The predicted molar refractivity (Wildman–Crippen MR) is 200 cm³/mol. The van der Waals surface area contributed by atoms with Crippen molar-refractivity contribution < 1.29 is 36.6 Å². The zero-order chi connectivity index (χ0) is 38.2. The number of fused-ring (bicyclic) bond motifs is 1. The third kappa shape index (κ3) is 12.4. The average Bonchev–Trinajstić information content (AvgIpc) is 3.60. The minimum Gasteiger partial charge on any atom is -0.414 e.